The molecule has 0 heterocycles. The molecule has 134 valence electrons. The van der Waals surface area contributed by atoms with Crippen molar-refractivity contribution in [2.45, 2.75) is 76.8 Å². The molecule has 1 aromatic rings. The molecule has 0 aromatic heterocycles. The van der Waals surface area contributed by atoms with Crippen molar-refractivity contribution in [2.75, 3.05) is 6.23 Å². The van der Waals surface area contributed by atoms with Crippen LogP contribution in [0.1, 0.15) is 58.9 Å². The van der Waals surface area contributed by atoms with E-state index in [1.807, 2.05) is 25.1 Å². The van der Waals surface area contributed by atoms with Gasteiger partial charge >= 0.3 is 0 Å². The third kappa shape index (κ3) is 4.01. The summed E-state index contributed by atoms with van der Waals surface area (Å²) < 4.78 is 6.16. The first-order chi connectivity index (χ1) is 11.2. The largest absolute Gasteiger partial charge is 0.389 e. The van der Waals surface area contributed by atoms with Gasteiger partial charge in [-0.05, 0) is 48.8 Å². The molecule has 0 spiro atoms. The molecule has 2 nitrogen and oxygen atoms in total. The molecule has 24 heavy (non-hydrogen) atoms. The Kier molecular flexibility index (Phi) is 6.11. The highest BCUT2D eigenvalue weighted by Gasteiger charge is 2.55. The van der Waals surface area contributed by atoms with E-state index in [0.717, 1.165) is 12.8 Å². The van der Waals surface area contributed by atoms with Gasteiger partial charge in [0.05, 0.1) is 11.8 Å². The zero-order chi connectivity index (χ0) is 17.8. The van der Waals surface area contributed by atoms with Crippen molar-refractivity contribution in [3.8, 4) is 0 Å². The van der Waals surface area contributed by atoms with Gasteiger partial charge in [0, 0.05) is 6.23 Å². The van der Waals surface area contributed by atoms with Crippen molar-refractivity contribution < 1.29 is 9.84 Å². The second-order valence-corrected chi connectivity index (χ2v) is 14.0. The maximum atomic E-state index is 11.6. The van der Waals surface area contributed by atoms with Gasteiger partial charge in [-0.2, -0.15) is 0 Å². The molecule has 1 aliphatic carbocycles. The zero-order valence-corrected chi connectivity index (χ0v) is 17.1. The summed E-state index contributed by atoms with van der Waals surface area (Å²) in [7, 11) is -2.15. The first-order valence-corrected chi connectivity index (χ1v) is 11.9. The number of hydrogen-bond acceptors (Lipinski definition) is 2. The van der Waals surface area contributed by atoms with Crippen LogP contribution in [-0.4, -0.2) is 24.6 Å². The van der Waals surface area contributed by atoms with Crippen molar-refractivity contribution in [3.63, 3.8) is 0 Å². The molecule has 2 atom stereocenters. The van der Waals surface area contributed by atoms with Gasteiger partial charge in [-0.1, -0.05) is 63.7 Å². The molecule has 3 heteroatoms. The fraction of sp³-hybridized carbons (Fsp3) is 0.619. The molecule has 0 amide bonds. The number of rotatable bonds is 6. The summed E-state index contributed by atoms with van der Waals surface area (Å²) in [4.78, 5) is 0. The van der Waals surface area contributed by atoms with Crippen molar-refractivity contribution in [1.82, 2.24) is 0 Å². The number of hydrogen-bond donors (Lipinski definition) is 1. The monoisotopic (exact) mass is 346 g/mol. The fourth-order valence-corrected chi connectivity index (χ4v) is 7.29. The average molecular weight is 347 g/mol. The molecule has 0 fully saturated rings. The van der Waals surface area contributed by atoms with E-state index < -0.39 is 13.3 Å². The summed E-state index contributed by atoms with van der Waals surface area (Å²) in [5, 5.41) is 10.9. The molecule has 1 N–H and O–H groups in total. The summed E-state index contributed by atoms with van der Waals surface area (Å²) in [5.74, 6) is 0. The molecular formula is C21H34O2Si. The quantitative estimate of drug-likeness (QED) is 0.551. The van der Waals surface area contributed by atoms with Crippen LogP contribution in [0.4, 0.5) is 0 Å². The van der Waals surface area contributed by atoms with Gasteiger partial charge in [0.1, 0.15) is 8.07 Å². The second kappa shape index (κ2) is 7.55. The Morgan fingerprint density at radius 1 is 1.08 bits per heavy atom. The lowest BCUT2D eigenvalue weighted by molar-refractivity contribution is 0.121. The van der Waals surface area contributed by atoms with E-state index in [4.69, 9.17) is 4.74 Å². The minimum absolute atomic E-state index is 0.0610. The highest BCUT2D eigenvalue weighted by atomic mass is 28.3. The molecule has 0 unspecified atom stereocenters. The number of allylic oxidation sites excluding steroid dienone is 1. The Balaban J connectivity index is 2.18. The Morgan fingerprint density at radius 2 is 1.75 bits per heavy atom. The van der Waals surface area contributed by atoms with Gasteiger partial charge in [0.2, 0.25) is 0 Å². The molecular weight excluding hydrogens is 312 g/mol. The maximum absolute atomic E-state index is 11.6. The van der Waals surface area contributed by atoms with Crippen molar-refractivity contribution in [3.05, 3.63) is 47.5 Å². The van der Waals surface area contributed by atoms with Crippen LogP contribution in [0.2, 0.25) is 11.6 Å². The van der Waals surface area contributed by atoms with E-state index in [-0.39, 0.29) is 5.04 Å². The molecule has 1 aliphatic rings. The van der Waals surface area contributed by atoms with Gasteiger partial charge in [0.25, 0.3) is 0 Å². The van der Waals surface area contributed by atoms with Crippen LogP contribution in [0.15, 0.2) is 42.0 Å². The van der Waals surface area contributed by atoms with Crippen LogP contribution in [0.3, 0.4) is 0 Å². The van der Waals surface area contributed by atoms with E-state index in [1.54, 1.807) is 0 Å². The Labute approximate surface area is 148 Å². The SMILES string of the molecule is CC(C)(C)[Si@@](C)(COCc1ccccc1)[C@](C)(O)C1=CCCCC1. The lowest BCUT2D eigenvalue weighted by atomic mass is 9.96. The highest BCUT2D eigenvalue weighted by molar-refractivity contribution is 6.84. The molecule has 0 radical (unpaired) electrons. The molecule has 0 saturated heterocycles. The minimum Gasteiger partial charge on any atom is -0.389 e. The first-order valence-electron chi connectivity index (χ1n) is 9.22. The Bertz CT molecular complexity index is 557. The van der Waals surface area contributed by atoms with E-state index in [1.165, 1.54) is 24.0 Å². The minimum atomic E-state index is -2.15. The van der Waals surface area contributed by atoms with Gasteiger partial charge in [-0.3, -0.25) is 0 Å². The molecule has 0 saturated carbocycles. The summed E-state index contributed by atoms with van der Waals surface area (Å²) in [6.45, 7) is 11.8. The highest BCUT2D eigenvalue weighted by Crippen LogP contribution is 2.47. The van der Waals surface area contributed by atoms with Crippen molar-refractivity contribution >= 4 is 8.07 Å². The van der Waals surface area contributed by atoms with Crippen LogP contribution in [0.25, 0.3) is 0 Å². The number of aliphatic hydroxyl groups is 1. The molecule has 2 rings (SSSR count). The third-order valence-corrected chi connectivity index (χ3v) is 12.7. The smallest absolute Gasteiger partial charge is 0.127 e. The summed E-state index contributed by atoms with van der Waals surface area (Å²) >= 11 is 0. The zero-order valence-electron chi connectivity index (χ0n) is 16.1. The number of ether oxygens (including phenoxy) is 1. The second-order valence-electron chi connectivity index (χ2n) is 8.61. The third-order valence-electron chi connectivity index (χ3n) is 6.15. The Hall–Kier alpha value is -0.903. The maximum Gasteiger partial charge on any atom is 0.127 e. The molecule has 1 aromatic carbocycles. The van der Waals surface area contributed by atoms with Crippen LogP contribution >= 0.6 is 0 Å². The summed E-state index contributed by atoms with van der Waals surface area (Å²) in [5.41, 5.74) is 2.44. The van der Waals surface area contributed by atoms with Crippen LogP contribution in [-0.2, 0) is 11.3 Å². The standard InChI is InChI=1S/C21H34O2Si/c1-20(2,3)24(5,17-23-16-18-12-8-6-9-13-18)21(4,22)19-14-10-7-11-15-19/h6,8-9,12-14,22H,7,10-11,15-17H2,1-5H3/t21-,24+/m0/s1. The van der Waals surface area contributed by atoms with Gasteiger partial charge in [-0.25, -0.2) is 0 Å². The summed E-state index contributed by atoms with van der Waals surface area (Å²) in [6, 6.07) is 10.3. The predicted molar refractivity (Wildman–Crippen MR) is 105 cm³/mol. The van der Waals surface area contributed by atoms with Crippen molar-refractivity contribution in [2.24, 2.45) is 0 Å². The van der Waals surface area contributed by atoms with Crippen LogP contribution in [0, 0.1) is 0 Å². The van der Waals surface area contributed by atoms with E-state index in [9.17, 15) is 5.11 Å². The van der Waals surface area contributed by atoms with Crippen LogP contribution in [0.5, 0.6) is 0 Å². The topological polar surface area (TPSA) is 29.5 Å². The normalized spacial score (nSPS) is 20.8. The lowest BCUT2D eigenvalue weighted by Gasteiger charge is -2.51. The van der Waals surface area contributed by atoms with E-state index >= 15 is 0 Å². The lowest BCUT2D eigenvalue weighted by Crippen LogP contribution is -2.64. The van der Waals surface area contributed by atoms with Crippen molar-refractivity contribution in [1.29, 1.82) is 0 Å². The molecule has 0 bridgehead atoms. The number of benzene rings is 1. The first kappa shape index (κ1) is 19.4. The van der Waals surface area contributed by atoms with Gasteiger partial charge in [-0.15, -0.1) is 0 Å². The van der Waals surface area contributed by atoms with Crippen LogP contribution < -0.4 is 0 Å². The summed E-state index contributed by atoms with van der Waals surface area (Å²) in [6.07, 6.45) is 7.54. The van der Waals surface area contributed by atoms with Gasteiger partial charge < -0.3 is 9.84 Å². The predicted octanol–water partition coefficient (Wildman–Crippen LogP) is 5.41. The Morgan fingerprint density at radius 3 is 2.29 bits per heavy atom. The molecule has 0 aliphatic heterocycles. The van der Waals surface area contributed by atoms with E-state index in [0.29, 0.717) is 12.8 Å². The van der Waals surface area contributed by atoms with Gasteiger partial charge in [0.15, 0.2) is 0 Å². The average Bonchev–Trinajstić information content (AvgIpc) is 2.55. The van der Waals surface area contributed by atoms with E-state index in [2.05, 4.69) is 45.5 Å². The fourth-order valence-electron chi connectivity index (χ4n) is 3.67.